The van der Waals surface area contributed by atoms with Crippen molar-refractivity contribution in [2.24, 2.45) is 0 Å². The summed E-state index contributed by atoms with van der Waals surface area (Å²) in [5, 5.41) is 3.20. The summed E-state index contributed by atoms with van der Waals surface area (Å²) in [7, 11) is 5.31. The van der Waals surface area contributed by atoms with E-state index in [0.717, 1.165) is 22.0 Å². The van der Waals surface area contributed by atoms with E-state index in [2.05, 4.69) is 12.2 Å². The van der Waals surface area contributed by atoms with Crippen LogP contribution in [0.15, 0.2) is 17.0 Å². The SMILES string of the molecule is CNC(C)c1cc(OC)c(SC)cc1OC. The smallest absolute Gasteiger partial charge is 0.133 e. The maximum absolute atomic E-state index is 5.40. The minimum absolute atomic E-state index is 0.236. The fourth-order valence-electron chi connectivity index (χ4n) is 1.55. The van der Waals surface area contributed by atoms with Crippen LogP contribution in [0.25, 0.3) is 0 Å². The highest BCUT2D eigenvalue weighted by molar-refractivity contribution is 7.98. The lowest BCUT2D eigenvalue weighted by Crippen LogP contribution is -2.13. The van der Waals surface area contributed by atoms with Crippen molar-refractivity contribution >= 4 is 11.8 Å². The first kappa shape index (κ1) is 13.2. The van der Waals surface area contributed by atoms with Crippen molar-refractivity contribution in [2.75, 3.05) is 27.5 Å². The standard InChI is InChI=1S/C12H19NO2S/c1-8(13-2)9-6-11(15-4)12(16-5)7-10(9)14-3/h6-8,13H,1-5H3. The van der Waals surface area contributed by atoms with Crippen LogP contribution in [0.2, 0.25) is 0 Å². The number of methoxy groups -OCH3 is 2. The molecule has 0 aliphatic carbocycles. The molecule has 0 spiro atoms. The van der Waals surface area contributed by atoms with Crippen LogP contribution in [0.3, 0.4) is 0 Å². The third-order valence-electron chi connectivity index (χ3n) is 2.64. The van der Waals surface area contributed by atoms with Crippen LogP contribution in [0.1, 0.15) is 18.5 Å². The van der Waals surface area contributed by atoms with Crippen LogP contribution in [-0.2, 0) is 0 Å². The van der Waals surface area contributed by atoms with E-state index in [-0.39, 0.29) is 6.04 Å². The van der Waals surface area contributed by atoms with Crippen LogP contribution in [0, 0.1) is 0 Å². The van der Waals surface area contributed by atoms with Crippen LogP contribution < -0.4 is 14.8 Å². The molecular formula is C12H19NO2S. The molecule has 1 N–H and O–H groups in total. The highest BCUT2D eigenvalue weighted by Gasteiger charge is 2.14. The molecule has 0 radical (unpaired) electrons. The van der Waals surface area contributed by atoms with Gasteiger partial charge in [0.15, 0.2) is 0 Å². The van der Waals surface area contributed by atoms with Crippen LogP contribution in [0.4, 0.5) is 0 Å². The number of nitrogens with one attached hydrogen (secondary N) is 1. The molecule has 0 amide bonds. The monoisotopic (exact) mass is 241 g/mol. The van der Waals surface area contributed by atoms with Crippen LogP contribution >= 0.6 is 11.8 Å². The molecule has 0 aromatic heterocycles. The quantitative estimate of drug-likeness (QED) is 0.803. The minimum Gasteiger partial charge on any atom is -0.496 e. The van der Waals surface area contributed by atoms with Gasteiger partial charge >= 0.3 is 0 Å². The van der Waals surface area contributed by atoms with Crippen molar-refractivity contribution in [2.45, 2.75) is 17.9 Å². The molecule has 3 nitrogen and oxygen atoms in total. The number of thioether (sulfide) groups is 1. The maximum Gasteiger partial charge on any atom is 0.133 e. The Labute approximate surface area is 102 Å². The van der Waals surface area contributed by atoms with Crippen molar-refractivity contribution < 1.29 is 9.47 Å². The van der Waals surface area contributed by atoms with Crippen LogP contribution in [-0.4, -0.2) is 27.5 Å². The van der Waals surface area contributed by atoms with Gasteiger partial charge in [-0.25, -0.2) is 0 Å². The predicted molar refractivity (Wildman–Crippen MR) is 68.8 cm³/mol. The number of ether oxygens (including phenoxy) is 2. The normalized spacial score (nSPS) is 12.3. The van der Waals surface area contributed by atoms with E-state index in [1.807, 2.05) is 25.4 Å². The Morgan fingerprint density at radius 1 is 1.19 bits per heavy atom. The molecule has 0 heterocycles. The number of benzene rings is 1. The Morgan fingerprint density at radius 3 is 2.25 bits per heavy atom. The summed E-state index contributed by atoms with van der Waals surface area (Å²) < 4.78 is 10.8. The van der Waals surface area contributed by atoms with E-state index in [0.29, 0.717) is 0 Å². The summed E-state index contributed by atoms with van der Waals surface area (Å²) in [4.78, 5) is 1.09. The lowest BCUT2D eigenvalue weighted by Gasteiger charge is -2.18. The molecule has 1 aromatic rings. The molecule has 0 saturated heterocycles. The lowest BCUT2D eigenvalue weighted by molar-refractivity contribution is 0.386. The van der Waals surface area contributed by atoms with Crippen molar-refractivity contribution in [1.82, 2.24) is 5.32 Å². The van der Waals surface area contributed by atoms with Gasteiger partial charge in [0.05, 0.1) is 19.1 Å². The predicted octanol–water partition coefficient (Wildman–Crippen LogP) is 2.71. The average Bonchev–Trinajstić information content (AvgIpc) is 2.35. The largest absolute Gasteiger partial charge is 0.496 e. The van der Waals surface area contributed by atoms with Crippen LogP contribution in [0.5, 0.6) is 11.5 Å². The van der Waals surface area contributed by atoms with Gasteiger partial charge < -0.3 is 14.8 Å². The molecule has 90 valence electrons. The molecule has 0 aliphatic heterocycles. The average molecular weight is 241 g/mol. The number of hydrogen-bond acceptors (Lipinski definition) is 4. The molecule has 0 bridgehead atoms. The van der Waals surface area contributed by atoms with E-state index in [4.69, 9.17) is 9.47 Å². The second kappa shape index (κ2) is 6.01. The molecule has 1 aromatic carbocycles. The fourth-order valence-corrected chi connectivity index (χ4v) is 2.12. The Morgan fingerprint density at radius 2 is 1.81 bits per heavy atom. The fraction of sp³-hybridized carbons (Fsp3) is 0.500. The number of hydrogen-bond donors (Lipinski definition) is 1. The molecule has 4 heteroatoms. The van der Waals surface area contributed by atoms with Crippen molar-refractivity contribution in [3.63, 3.8) is 0 Å². The molecular weight excluding hydrogens is 222 g/mol. The summed E-state index contributed by atoms with van der Waals surface area (Å²) in [6, 6.07) is 4.29. The number of rotatable bonds is 5. The van der Waals surface area contributed by atoms with Gasteiger partial charge in [-0.3, -0.25) is 0 Å². The summed E-state index contributed by atoms with van der Waals surface area (Å²) in [6.45, 7) is 2.09. The second-order valence-electron chi connectivity index (χ2n) is 3.46. The van der Waals surface area contributed by atoms with E-state index >= 15 is 0 Å². The van der Waals surface area contributed by atoms with Gasteiger partial charge in [-0.05, 0) is 32.4 Å². The topological polar surface area (TPSA) is 30.5 Å². The Balaban J connectivity index is 3.25. The van der Waals surface area contributed by atoms with Gasteiger partial charge in [-0.15, -0.1) is 11.8 Å². The molecule has 1 rings (SSSR count). The first-order valence-electron chi connectivity index (χ1n) is 5.15. The molecule has 1 unspecified atom stereocenters. The van der Waals surface area contributed by atoms with Gasteiger partial charge in [-0.1, -0.05) is 0 Å². The van der Waals surface area contributed by atoms with E-state index in [9.17, 15) is 0 Å². The second-order valence-corrected chi connectivity index (χ2v) is 4.31. The van der Waals surface area contributed by atoms with Crippen molar-refractivity contribution in [3.8, 4) is 11.5 Å². The molecule has 0 fully saturated rings. The van der Waals surface area contributed by atoms with E-state index < -0.39 is 0 Å². The van der Waals surface area contributed by atoms with Gasteiger partial charge in [-0.2, -0.15) is 0 Å². The zero-order valence-corrected chi connectivity index (χ0v) is 11.3. The van der Waals surface area contributed by atoms with E-state index in [1.165, 1.54) is 0 Å². The highest BCUT2D eigenvalue weighted by atomic mass is 32.2. The highest BCUT2D eigenvalue weighted by Crippen LogP contribution is 2.36. The van der Waals surface area contributed by atoms with Gasteiger partial charge in [0.1, 0.15) is 11.5 Å². The molecule has 16 heavy (non-hydrogen) atoms. The van der Waals surface area contributed by atoms with Crippen molar-refractivity contribution in [3.05, 3.63) is 17.7 Å². The van der Waals surface area contributed by atoms with Gasteiger partial charge in [0.25, 0.3) is 0 Å². The Hall–Kier alpha value is -0.870. The molecule has 0 aliphatic rings. The maximum atomic E-state index is 5.40. The Bertz CT molecular complexity index is 355. The summed E-state index contributed by atoms with van der Waals surface area (Å²) in [6.07, 6.45) is 2.03. The van der Waals surface area contributed by atoms with Gasteiger partial charge in [0, 0.05) is 11.6 Å². The summed E-state index contributed by atoms with van der Waals surface area (Å²) in [5.41, 5.74) is 1.11. The first-order chi connectivity index (χ1) is 7.67. The third kappa shape index (κ3) is 2.62. The lowest BCUT2D eigenvalue weighted by atomic mass is 10.1. The van der Waals surface area contributed by atoms with Crippen molar-refractivity contribution in [1.29, 1.82) is 0 Å². The Kier molecular flexibility index (Phi) is 4.96. The molecule has 1 atom stereocenters. The first-order valence-corrected chi connectivity index (χ1v) is 6.37. The third-order valence-corrected chi connectivity index (χ3v) is 3.39. The van der Waals surface area contributed by atoms with E-state index in [1.54, 1.807) is 26.0 Å². The minimum atomic E-state index is 0.236. The summed E-state index contributed by atoms with van der Waals surface area (Å²) >= 11 is 1.65. The zero-order valence-electron chi connectivity index (χ0n) is 10.5. The summed E-state index contributed by atoms with van der Waals surface area (Å²) in [5.74, 6) is 1.79. The molecule has 0 saturated carbocycles. The zero-order chi connectivity index (χ0) is 12.1. The van der Waals surface area contributed by atoms with Gasteiger partial charge in [0.2, 0.25) is 0 Å².